The van der Waals surface area contributed by atoms with E-state index in [-0.39, 0.29) is 0 Å². The summed E-state index contributed by atoms with van der Waals surface area (Å²) in [5.41, 5.74) is 0. The van der Waals surface area contributed by atoms with Crippen molar-refractivity contribution in [2.24, 2.45) is 0 Å². The minimum absolute atomic E-state index is 1.11. The van der Waals surface area contributed by atoms with Crippen molar-refractivity contribution in [3.05, 3.63) is 11.9 Å². The fraction of sp³-hybridized carbons (Fsp3) is 0.400. The number of allylic oxidation sites excluding steroid dienone is 1. The lowest BCUT2D eigenvalue weighted by atomic mass is 10.5. The van der Waals surface area contributed by atoms with Gasteiger partial charge in [0.15, 0.2) is 0 Å². The summed E-state index contributed by atoms with van der Waals surface area (Å²) >= 11 is 0. The summed E-state index contributed by atoms with van der Waals surface area (Å²) in [6, 6.07) is 0. The first-order valence-electron chi connectivity index (χ1n) is 2.02. The Labute approximate surface area is 40.7 Å². The van der Waals surface area contributed by atoms with Crippen molar-refractivity contribution in [1.82, 2.24) is 0 Å². The normalized spacial score (nSPS) is 10.8. The molecule has 0 N–H and O–H groups in total. The summed E-state index contributed by atoms with van der Waals surface area (Å²) < 4.78 is 0. The fourth-order valence-corrected chi connectivity index (χ4v) is 0.540. The molecule has 0 amide bonds. The van der Waals surface area contributed by atoms with Crippen LogP contribution in [0.25, 0.3) is 0 Å². The van der Waals surface area contributed by atoms with Crippen LogP contribution in [-0.2, 0) is 0 Å². The van der Waals surface area contributed by atoms with Crippen molar-refractivity contribution in [2.45, 2.75) is 13.3 Å². The highest BCUT2D eigenvalue weighted by Crippen LogP contribution is 1.91. The van der Waals surface area contributed by atoms with Crippen molar-refractivity contribution in [2.75, 3.05) is 0 Å². The highest BCUT2D eigenvalue weighted by Gasteiger charge is 1.55. The molecule has 0 aromatic heterocycles. The molecule has 0 saturated heterocycles. The van der Waals surface area contributed by atoms with Gasteiger partial charge in [-0.2, -0.15) is 0 Å². The zero-order valence-corrected chi connectivity index (χ0v) is 4.91. The van der Waals surface area contributed by atoms with Crippen LogP contribution < -0.4 is 0 Å². The van der Waals surface area contributed by atoms with Gasteiger partial charge in [-0.25, -0.2) is 0 Å². The first-order valence-corrected chi connectivity index (χ1v) is 3.17. The number of rotatable bonds is 2. The van der Waals surface area contributed by atoms with E-state index in [2.05, 4.69) is 19.3 Å². The van der Waals surface area contributed by atoms with E-state index in [0.29, 0.717) is 0 Å². The highest BCUT2D eigenvalue weighted by molar-refractivity contribution is 7.40. The molecule has 0 nitrogen and oxygen atoms in total. The van der Waals surface area contributed by atoms with E-state index in [1.165, 1.54) is 0 Å². The van der Waals surface area contributed by atoms with Crippen LogP contribution >= 0.6 is 8.20 Å². The lowest BCUT2D eigenvalue weighted by Gasteiger charge is -1.67. The van der Waals surface area contributed by atoms with Gasteiger partial charge in [-0.05, 0) is 12.2 Å². The van der Waals surface area contributed by atoms with Gasteiger partial charge < -0.3 is 0 Å². The van der Waals surface area contributed by atoms with E-state index in [1.807, 2.05) is 5.82 Å². The van der Waals surface area contributed by atoms with Crippen LogP contribution in [0.3, 0.4) is 0 Å². The summed E-state index contributed by atoms with van der Waals surface area (Å²) in [5, 5.41) is 0. The van der Waals surface area contributed by atoms with E-state index in [1.54, 1.807) is 0 Å². The number of hydrogen-bond acceptors (Lipinski definition) is 0. The minimum atomic E-state index is 1.11. The second-order valence-electron chi connectivity index (χ2n) is 0.976. The molecule has 0 saturated carbocycles. The van der Waals surface area contributed by atoms with Crippen LogP contribution in [0.15, 0.2) is 11.9 Å². The van der Waals surface area contributed by atoms with Crippen LogP contribution in [0.5, 0.6) is 0 Å². The van der Waals surface area contributed by atoms with Gasteiger partial charge in [-0.3, -0.25) is 0 Å². The Hall–Kier alpha value is -0.0900. The van der Waals surface area contributed by atoms with Crippen molar-refractivity contribution >= 4 is 14.5 Å². The van der Waals surface area contributed by atoms with E-state index in [9.17, 15) is 0 Å². The van der Waals surface area contributed by atoms with Gasteiger partial charge in [0.2, 0.25) is 0 Å². The first-order chi connectivity index (χ1) is 2.91. The van der Waals surface area contributed by atoms with Crippen LogP contribution in [-0.4, -0.2) is 6.30 Å². The van der Waals surface area contributed by atoms with Gasteiger partial charge in [0.25, 0.3) is 0 Å². The van der Waals surface area contributed by atoms with E-state index >= 15 is 0 Å². The quantitative estimate of drug-likeness (QED) is 0.467. The van der Waals surface area contributed by atoms with E-state index in [0.717, 1.165) is 14.6 Å². The maximum atomic E-state index is 3.61. The molecule has 0 spiro atoms. The molecule has 0 rings (SSSR count). The third kappa shape index (κ3) is 3.91. The molecule has 0 atom stereocenters. The van der Waals surface area contributed by atoms with Crippen molar-refractivity contribution in [3.8, 4) is 0 Å². The first kappa shape index (κ1) is 5.91. The van der Waals surface area contributed by atoms with Crippen LogP contribution in [0.4, 0.5) is 0 Å². The molecule has 0 heterocycles. The van der Waals surface area contributed by atoms with E-state index < -0.39 is 0 Å². The van der Waals surface area contributed by atoms with Gasteiger partial charge in [0.05, 0.1) is 0 Å². The van der Waals surface area contributed by atoms with Gasteiger partial charge >= 0.3 is 0 Å². The summed E-state index contributed by atoms with van der Waals surface area (Å²) in [7, 11) is 1.11. The standard InChI is InChI=1S/C5H9P/c1-3-4-5-6-2/h4-5H,2-3H2,1H3. The Bertz CT molecular complexity index is 55.0. The van der Waals surface area contributed by atoms with Crippen molar-refractivity contribution in [1.29, 1.82) is 0 Å². The molecule has 0 unspecified atom stereocenters. The van der Waals surface area contributed by atoms with Crippen LogP contribution in [0, 0.1) is 0 Å². The predicted octanol–water partition coefficient (Wildman–Crippen LogP) is 2.29. The van der Waals surface area contributed by atoms with Crippen LogP contribution in [0.1, 0.15) is 13.3 Å². The molecule has 34 valence electrons. The van der Waals surface area contributed by atoms with Gasteiger partial charge in [-0.15, -0.1) is 0 Å². The molecule has 0 aliphatic carbocycles. The summed E-state index contributed by atoms with van der Waals surface area (Å²) in [5.74, 6) is 2.04. The molecule has 0 aromatic carbocycles. The smallest absolute Gasteiger partial charge is 0.0373 e. The Morgan fingerprint density at radius 3 is 2.67 bits per heavy atom. The maximum absolute atomic E-state index is 3.61. The van der Waals surface area contributed by atoms with Gasteiger partial charge in [-0.1, -0.05) is 27.5 Å². The highest BCUT2D eigenvalue weighted by atomic mass is 31.1. The lowest BCUT2D eigenvalue weighted by Crippen LogP contribution is -1.42. The SMILES string of the molecule is C=PC=CCC. The second-order valence-corrected chi connectivity index (χ2v) is 1.64. The maximum Gasteiger partial charge on any atom is -0.0373 e. The Morgan fingerprint density at radius 2 is 2.50 bits per heavy atom. The molecule has 0 fully saturated rings. The summed E-state index contributed by atoms with van der Waals surface area (Å²) in [6.07, 6.45) is 6.84. The van der Waals surface area contributed by atoms with Crippen LogP contribution in [0.2, 0.25) is 0 Å². The monoisotopic (exact) mass is 100 g/mol. The van der Waals surface area contributed by atoms with Gasteiger partial charge in [0, 0.05) is 0 Å². The predicted molar refractivity (Wildman–Crippen MR) is 33.5 cm³/mol. The minimum Gasteiger partial charge on any atom is -0.0848 e. The third-order valence-corrected chi connectivity index (χ3v) is 0.868. The second kappa shape index (κ2) is 4.91. The number of hydrogen-bond donors (Lipinski definition) is 0. The Balaban J connectivity index is 2.94. The zero-order chi connectivity index (χ0) is 4.83. The molecule has 1 heteroatoms. The average Bonchev–Trinajstić information content (AvgIpc) is 1.61. The molecular formula is C5H9P. The fourth-order valence-electron chi connectivity index (χ4n) is 0.180. The van der Waals surface area contributed by atoms with Crippen molar-refractivity contribution < 1.29 is 0 Å². The van der Waals surface area contributed by atoms with Gasteiger partial charge in [0.1, 0.15) is 0 Å². The average molecular weight is 100 g/mol. The third-order valence-electron chi connectivity index (χ3n) is 0.447. The lowest BCUT2D eigenvalue weighted by molar-refractivity contribution is 1.23. The molecule has 6 heavy (non-hydrogen) atoms. The Morgan fingerprint density at radius 1 is 1.83 bits per heavy atom. The molecule has 0 radical (unpaired) electrons. The molecule has 0 aliphatic rings. The summed E-state index contributed by atoms with van der Waals surface area (Å²) in [4.78, 5) is 0. The molecule has 0 aromatic rings. The topological polar surface area (TPSA) is 0 Å². The Kier molecular flexibility index (Phi) is 4.84. The largest absolute Gasteiger partial charge is 0.0848 e. The molecule has 0 bridgehead atoms. The molecular weight excluding hydrogens is 91.0 g/mol. The van der Waals surface area contributed by atoms with E-state index in [4.69, 9.17) is 0 Å². The zero-order valence-electron chi connectivity index (χ0n) is 4.02. The molecule has 0 aliphatic heterocycles. The summed E-state index contributed by atoms with van der Waals surface area (Å²) in [6.45, 7) is 2.11. The van der Waals surface area contributed by atoms with Crippen molar-refractivity contribution in [3.63, 3.8) is 0 Å².